The molecule has 0 N–H and O–H groups in total. The first kappa shape index (κ1) is 29.6. The smallest absolute Gasteiger partial charge is 0.137 e. The summed E-state index contributed by atoms with van der Waals surface area (Å²) in [7, 11) is 0. The molecule has 0 amide bonds. The summed E-state index contributed by atoms with van der Waals surface area (Å²) in [4.78, 5) is 2.36. The lowest BCUT2D eigenvalue weighted by atomic mass is 9.94. The fraction of sp³-hybridized carbons (Fsp3) is 0. The third-order valence-electron chi connectivity index (χ3n) is 10.8. The third-order valence-corrected chi connectivity index (χ3v) is 10.8. The van der Waals surface area contributed by atoms with Crippen molar-refractivity contribution < 1.29 is 4.42 Å². The summed E-state index contributed by atoms with van der Waals surface area (Å²) >= 11 is 0. The molecule has 3 nitrogen and oxygen atoms in total. The first-order chi connectivity index (χ1) is 26.3. The number of rotatable bonds is 5. The Bertz CT molecular complexity index is 3110. The van der Waals surface area contributed by atoms with Crippen molar-refractivity contribution in [2.75, 3.05) is 4.90 Å². The number of furan rings is 1. The van der Waals surface area contributed by atoms with Crippen molar-refractivity contribution in [3.8, 4) is 16.8 Å². The van der Waals surface area contributed by atoms with Gasteiger partial charge in [-0.1, -0.05) is 127 Å². The molecular weight excluding hydrogens is 645 g/mol. The maximum absolute atomic E-state index is 6.38. The molecule has 9 aromatic carbocycles. The minimum absolute atomic E-state index is 0.871. The van der Waals surface area contributed by atoms with E-state index < -0.39 is 0 Å². The predicted molar refractivity (Wildman–Crippen MR) is 223 cm³/mol. The van der Waals surface area contributed by atoms with Crippen molar-refractivity contribution >= 4 is 82.4 Å². The number of anilines is 3. The van der Waals surface area contributed by atoms with Crippen LogP contribution in [0.5, 0.6) is 0 Å². The fourth-order valence-electron chi connectivity index (χ4n) is 8.40. The molecule has 0 saturated heterocycles. The van der Waals surface area contributed by atoms with E-state index in [1.165, 1.54) is 54.5 Å². The van der Waals surface area contributed by atoms with Crippen LogP contribution in [-0.2, 0) is 0 Å². The largest absolute Gasteiger partial charge is 0.456 e. The average molecular weight is 677 g/mol. The molecule has 3 heteroatoms. The molecule has 11 rings (SSSR count). The minimum atomic E-state index is 0.871. The van der Waals surface area contributed by atoms with Crippen LogP contribution >= 0.6 is 0 Å². The van der Waals surface area contributed by atoms with Crippen molar-refractivity contribution in [1.29, 1.82) is 0 Å². The van der Waals surface area contributed by atoms with Gasteiger partial charge in [-0.3, -0.25) is 0 Å². The monoisotopic (exact) mass is 676 g/mol. The Hall–Kier alpha value is -7.10. The molecule has 248 valence electrons. The number of aromatic nitrogens is 1. The lowest BCUT2D eigenvalue weighted by Crippen LogP contribution is -2.10. The van der Waals surface area contributed by atoms with E-state index in [0.29, 0.717) is 0 Å². The van der Waals surface area contributed by atoms with Gasteiger partial charge in [0.05, 0.1) is 22.1 Å². The number of nitrogens with zero attached hydrogens (tertiary/aromatic N) is 2. The zero-order chi connectivity index (χ0) is 34.9. The molecule has 0 spiro atoms. The van der Waals surface area contributed by atoms with Gasteiger partial charge in [0.2, 0.25) is 0 Å². The first-order valence-corrected chi connectivity index (χ1v) is 18.1. The van der Waals surface area contributed by atoms with Gasteiger partial charge in [-0.2, -0.15) is 0 Å². The van der Waals surface area contributed by atoms with Gasteiger partial charge in [0, 0.05) is 33.2 Å². The highest BCUT2D eigenvalue weighted by atomic mass is 16.3. The van der Waals surface area contributed by atoms with Gasteiger partial charge in [-0.15, -0.1) is 0 Å². The second-order valence-corrected chi connectivity index (χ2v) is 13.7. The molecule has 0 aliphatic heterocycles. The van der Waals surface area contributed by atoms with E-state index in [-0.39, 0.29) is 0 Å². The number of benzene rings is 9. The molecule has 0 bridgehead atoms. The normalized spacial score (nSPS) is 11.8. The highest BCUT2D eigenvalue weighted by Gasteiger charge is 2.20. The van der Waals surface area contributed by atoms with Crippen LogP contribution in [0.4, 0.5) is 17.1 Å². The van der Waals surface area contributed by atoms with Crippen LogP contribution in [0.3, 0.4) is 0 Å². The summed E-state index contributed by atoms with van der Waals surface area (Å²) < 4.78 is 8.75. The van der Waals surface area contributed by atoms with Crippen LogP contribution in [-0.4, -0.2) is 4.57 Å². The highest BCUT2D eigenvalue weighted by molar-refractivity contribution is 6.14. The van der Waals surface area contributed by atoms with Gasteiger partial charge in [0.15, 0.2) is 0 Å². The Morgan fingerprint density at radius 2 is 0.962 bits per heavy atom. The minimum Gasteiger partial charge on any atom is -0.456 e. The maximum atomic E-state index is 6.38. The fourth-order valence-corrected chi connectivity index (χ4v) is 8.40. The Morgan fingerprint density at radius 1 is 0.377 bits per heavy atom. The zero-order valence-electron chi connectivity index (χ0n) is 28.8. The Balaban J connectivity index is 1.08. The van der Waals surface area contributed by atoms with Crippen molar-refractivity contribution in [3.63, 3.8) is 0 Å². The molecule has 2 heterocycles. The van der Waals surface area contributed by atoms with Crippen molar-refractivity contribution in [2.45, 2.75) is 0 Å². The summed E-state index contributed by atoms with van der Waals surface area (Å²) in [6, 6.07) is 69.7. The number of hydrogen-bond acceptors (Lipinski definition) is 2. The second-order valence-electron chi connectivity index (χ2n) is 13.7. The summed E-state index contributed by atoms with van der Waals surface area (Å²) in [6.45, 7) is 0. The lowest BCUT2D eigenvalue weighted by Gasteiger charge is -2.27. The number of hydrogen-bond donors (Lipinski definition) is 0. The molecule has 0 saturated carbocycles. The van der Waals surface area contributed by atoms with Gasteiger partial charge in [0.25, 0.3) is 0 Å². The average Bonchev–Trinajstić information content (AvgIpc) is 3.78. The van der Waals surface area contributed by atoms with Crippen molar-refractivity contribution in [2.24, 2.45) is 0 Å². The van der Waals surface area contributed by atoms with Crippen LogP contribution in [0.25, 0.3) is 82.1 Å². The third kappa shape index (κ3) is 4.61. The summed E-state index contributed by atoms with van der Waals surface area (Å²) in [5.74, 6) is 0. The van der Waals surface area contributed by atoms with E-state index >= 15 is 0 Å². The van der Waals surface area contributed by atoms with Crippen molar-refractivity contribution in [1.82, 2.24) is 4.57 Å². The Labute approximate surface area is 306 Å². The van der Waals surface area contributed by atoms with Crippen LogP contribution in [0.1, 0.15) is 0 Å². The topological polar surface area (TPSA) is 21.3 Å². The SMILES string of the molecule is c1ccc2c(c1)ccc1c(-c3ccc(N(c4ccc(-n5c6ccccc6c6ccccc65)cc4)c4cccc5oc6ccccc6c45)cc3)cccc12. The van der Waals surface area contributed by atoms with Gasteiger partial charge in [-0.25, -0.2) is 0 Å². The quantitative estimate of drug-likeness (QED) is 0.169. The molecule has 0 aliphatic carbocycles. The molecule has 0 radical (unpaired) electrons. The molecule has 53 heavy (non-hydrogen) atoms. The van der Waals surface area contributed by atoms with Gasteiger partial charge in [0.1, 0.15) is 11.2 Å². The van der Waals surface area contributed by atoms with E-state index in [0.717, 1.165) is 44.7 Å². The molecule has 0 aliphatic rings. The van der Waals surface area contributed by atoms with Crippen LogP contribution in [0, 0.1) is 0 Å². The van der Waals surface area contributed by atoms with Gasteiger partial charge < -0.3 is 13.9 Å². The first-order valence-electron chi connectivity index (χ1n) is 18.1. The lowest BCUT2D eigenvalue weighted by molar-refractivity contribution is 0.669. The number of fused-ring (bicyclic) bond motifs is 9. The van der Waals surface area contributed by atoms with Gasteiger partial charge >= 0.3 is 0 Å². The van der Waals surface area contributed by atoms with Crippen LogP contribution < -0.4 is 4.90 Å². The van der Waals surface area contributed by atoms with Crippen LogP contribution in [0.2, 0.25) is 0 Å². The Kier molecular flexibility index (Phi) is 6.55. The molecule has 0 fully saturated rings. The van der Waals surface area contributed by atoms with E-state index in [2.05, 4.69) is 191 Å². The molecule has 0 atom stereocenters. The highest BCUT2D eigenvalue weighted by Crippen LogP contribution is 2.44. The summed E-state index contributed by atoms with van der Waals surface area (Å²) in [5, 5.41) is 9.77. The second kappa shape index (κ2) is 11.7. The summed E-state index contributed by atoms with van der Waals surface area (Å²) in [5.41, 5.74) is 10.9. The van der Waals surface area contributed by atoms with E-state index in [9.17, 15) is 0 Å². The maximum Gasteiger partial charge on any atom is 0.137 e. The molecule has 2 aromatic heterocycles. The van der Waals surface area contributed by atoms with E-state index in [1.807, 2.05) is 12.1 Å². The molecule has 11 aromatic rings. The molecule has 0 unspecified atom stereocenters. The molecular formula is C50H32N2O. The predicted octanol–water partition coefficient (Wildman–Crippen LogP) is 14.1. The van der Waals surface area contributed by atoms with Gasteiger partial charge in [-0.05, 0) is 99.4 Å². The standard InChI is InChI=1S/C50H32N2O/c1-2-12-38-33(11-1)25-32-41-39(16-9-17-40(38)41)34-23-26-35(27-24-34)51(47-20-10-22-49-50(47)44-15-5-8-21-48(44)53-49)36-28-30-37(31-29-36)52-45-18-6-3-13-42(45)43-14-4-7-19-46(43)52/h1-32H. The van der Waals surface area contributed by atoms with E-state index in [1.54, 1.807) is 0 Å². The van der Waals surface area contributed by atoms with Crippen LogP contribution in [0.15, 0.2) is 199 Å². The zero-order valence-corrected chi connectivity index (χ0v) is 28.8. The number of para-hydroxylation sites is 3. The van der Waals surface area contributed by atoms with Crippen molar-refractivity contribution in [3.05, 3.63) is 194 Å². The Morgan fingerprint density at radius 3 is 1.72 bits per heavy atom. The summed E-state index contributed by atoms with van der Waals surface area (Å²) in [6.07, 6.45) is 0. The van der Waals surface area contributed by atoms with E-state index in [4.69, 9.17) is 4.42 Å².